The number of hydrogen-bond acceptors (Lipinski definition) is 4. The third-order valence-corrected chi connectivity index (χ3v) is 4.27. The molecule has 0 saturated carbocycles. The second-order valence-electron chi connectivity index (χ2n) is 4.77. The van der Waals surface area contributed by atoms with Crippen LogP contribution in [0.4, 0.5) is 0 Å². The Hall–Kier alpha value is -2.59. The molecule has 0 bridgehead atoms. The van der Waals surface area contributed by atoms with Crippen molar-refractivity contribution in [1.82, 2.24) is 9.97 Å². The maximum atomic E-state index is 12.6. The maximum Gasteiger partial charge on any atom is 0.196 e. The molecule has 0 radical (unpaired) electrons. The summed E-state index contributed by atoms with van der Waals surface area (Å²) in [6, 6.07) is 13.5. The number of aromatic nitrogens is 2. The van der Waals surface area contributed by atoms with E-state index in [-0.39, 0.29) is 5.78 Å². The number of carbonyl (C=O) groups excluding carboxylic acids is 1. The van der Waals surface area contributed by atoms with Crippen molar-refractivity contribution in [3.63, 3.8) is 0 Å². The summed E-state index contributed by atoms with van der Waals surface area (Å²) in [7, 11) is 0. The molecule has 3 nitrogen and oxygen atoms in total. The van der Waals surface area contributed by atoms with Crippen molar-refractivity contribution in [2.24, 2.45) is 0 Å². The molecule has 4 rings (SSSR count). The molecule has 0 saturated heterocycles. The minimum Gasteiger partial charge on any atom is -0.288 e. The average molecular weight is 290 g/mol. The first-order chi connectivity index (χ1) is 10.3. The molecular weight excluding hydrogens is 280 g/mol. The summed E-state index contributed by atoms with van der Waals surface area (Å²) in [5.74, 6) is -0.0453. The van der Waals surface area contributed by atoms with Gasteiger partial charge in [-0.15, -0.1) is 11.3 Å². The first-order valence-corrected chi connectivity index (χ1v) is 7.42. The molecule has 0 aliphatic rings. The van der Waals surface area contributed by atoms with Crippen LogP contribution in [-0.2, 0) is 0 Å². The smallest absolute Gasteiger partial charge is 0.196 e. The SMILES string of the molecule is O=C(c1cnc2ccccc2c1)c1cnc2ccsc2c1. The molecule has 0 fully saturated rings. The van der Waals surface area contributed by atoms with E-state index in [1.165, 1.54) is 0 Å². The number of thiophene rings is 1. The summed E-state index contributed by atoms with van der Waals surface area (Å²) in [6.07, 6.45) is 3.26. The summed E-state index contributed by atoms with van der Waals surface area (Å²) in [4.78, 5) is 21.2. The van der Waals surface area contributed by atoms with Gasteiger partial charge in [0, 0.05) is 28.9 Å². The van der Waals surface area contributed by atoms with Crippen molar-refractivity contribution < 1.29 is 4.79 Å². The van der Waals surface area contributed by atoms with Crippen LogP contribution < -0.4 is 0 Å². The zero-order valence-electron chi connectivity index (χ0n) is 11.0. The van der Waals surface area contributed by atoms with E-state index in [4.69, 9.17) is 0 Å². The van der Waals surface area contributed by atoms with E-state index in [9.17, 15) is 4.79 Å². The van der Waals surface area contributed by atoms with Crippen LogP contribution in [0, 0.1) is 0 Å². The average Bonchev–Trinajstić information content (AvgIpc) is 3.01. The van der Waals surface area contributed by atoms with Gasteiger partial charge >= 0.3 is 0 Å². The summed E-state index contributed by atoms with van der Waals surface area (Å²) < 4.78 is 1.02. The molecule has 0 aliphatic heterocycles. The van der Waals surface area contributed by atoms with E-state index < -0.39 is 0 Å². The van der Waals surface area contributed by atoms with Crippen molar-refractivity contribution in [2.75, 3.05) is 0 Å². The van der Waals surface area contributed by atoms with Crippen LogP contribution in [0.15, 0.2) is 60.2 Å². The molecular formula is C17H10N2OS. The Morgan fingerprint density at radius 2 is 1.67 bits per heavy atom. The number of ketones is 1. The standard InChI is InChI=1S/C17H10N2OS/c20-17(13-8-16-15(19-10-13)5-6-21-16)12-7-11-3-1-2-4-14(11)18-9-12/h1-10H. The number of benzene rings is 1. The second kappa shape index (κ2) is 4.75. The molecule has 4 heteroatoms. The highest BCUT2D eigenvalue weighted by atomic mass is 32.1. The lowest BCUT2D eigenvalue weighted by molar-refractivity contribution is 0.103. The summed E-state index contributed by atoms with van der Waals surface area (Å²) in [5, 5.41) is 2.94. The van der Waals surface area contributed by atoms with Gasteiger partial charge in [-0.25, -0.2) is 0 Å². The lowest BCUT2D eigenvalue weighted by Gasteiger charge is -2.03. The van der Waals surface area contributed by atoms with E-state index in [0.717, 1.165) is 21.1 Å². The van der Waals surface area contributed by atoms with E-state index in [1.54, 1.807) is 23.7 Å². The Balaban J connectivity index is 1.81. The highest BCUT2D eigenvalue weighted by Gasteiger charge is 2.12. The molecule has 0 aliphatic carbocycles. The molecule has 3 heterocycles. The van der Waals surface area contributed by atoms with Crippen molar-refractivity contribution >= 4 is 38.2 Å². The number of fused-ring (bicyclic) bond motifs is 2. The number of rotatable bonds is 2. The highest BCUT2D eigenvalue weighted by Crippen LogP contribution is 2.21. The van der Waals surface area contributed by atoms with Gasteiger partial charge in [0.2, 0.25) is 0 Å². The summed E-state index contributed by atoms with van der Waals surface area (Å²) in [6.45, 7) is 0. The fourth-order valence-corrected chi connectivity index (χ4v) is 3.11. The van der Waals surface area contributed by atoms with E-state index >= 15 is 0 Å². The van der Waals surface area contributed by atoms with Crippen LogP contribution in [-0.4, -0.2) is 15.8 Å². The minimum absolute atomic E-state index is 0.0453. The van der Waals surface area contributed by atoms with Gasteiger partial charge in [-0.2, -0.15) is 0 Å². The van der Waals surface area contributed by atoms with Crippen molar-refractivity contribution in [1.29, 1.82) is 0 Å². The van der Waals surface area contributed by atoms with Crippen LogP contribution in [0.1, 0.15) is 15.9 Å². The third-order valence-electron chi connectivity index (χ3n) is 3.42. The van der Waals surface area contributed by atoms with Crippen LogP contribution in [0.25, 0.3) is 21.1 Å². The third kappa shape index (κ3) is 2.10. The molecule has 0 amide bonds. The Morgan fingerprint density at radius 3 is 2.57 bits per heavy atom. The van der Waals surface area contributed by atoms with Crippen molar-refractivity contribution in [2.45, 2.75) is 0 Å². The Bertz CT molecular complexity index is 975. The second-order valence-corrected chi connectivity index (χ2v) is 5.72. The predicted octanol–water partition coefficient (Wildman–Crippen LogP) is 4.08. The Morgan fingerprint density at radius 1 is 0.905 bits per heavy atom. The van der Waals surface area contributed by atoms with Crippen LogP contribution >= 0.6 is 11.3 Å². The highest BCUT2D eigenvalue weighted by molar-refractivity contribution is 7.17. The zero-order valence-corrected chi connectivity index (χ0v) is 11.8. The number of carbonyl (C=O) groups is 1. The van der Waals surface area contributed by atoms with Gasteiger partial charge in [0.1, 0.15) is 0 Å². The van der Waals surface area contributed by atoms with Gasteiger partial charge in [0.05, 0.1) is 15.7 Å². The van der Waals surface area contributed by atoms with Gasteiger partial charge in [-0.3, -0.25) is 14.8 Å². The maximum absolute atomic E-state index is 12.6. The first-order valence-electron chi connectivity index (χ1n) is 6.54. The Labute approximate surface area is 124 Å². The molecule has 1 aromatic carbocycles. The van der Waals surface area contributed by atoms with Gasteiger partial charge in [0.25, 0.3) is 0 Å². The van der Waals surface area contributed by atoms with Crippen molar-refractivity contribution in [3.8, 4) is 0 Å². The number of pyridine rings is 2. The molecule has 0 atom stereocenters. The molecule has 100 valence electrons. The summed E-state index contributed by atoms with van der Waals surface area (Å²) >= 11 is 1.59. The molecule has 0 spiro atoms. The topological polar surface area (TPSA) is 42.9 Å². The van der Waals surface area contributed by atoms with E-state index in [0.29, 0.717) is 11.1 Å². The lowest BCUT2D eigenvalue weighted by Crippen LogP contribution is -2.02. The van der Waals surface area contributed by atoms with Gasteiger partial charge in [-0.05, 0) is 29.6 Å². The molecule has 4 aromatic rings. The first kappa shape index (κ1) is 12.2. The number of hydrogen-bond donors (Lipinski definition) is 0. The van der Waals surface area contributed by atoms with E-state index in [1.807, 2.05) is 47.8 Å². The van der Waals surface area contributed by atoms with Gasteiger partial charge in [-0.1, -0.05) is 18.2 Å². The van der Waals surface area contributed by atoms with Gasteiger partial charge in [0.15, 0.2) is 5.78 Å². The largest absolute Gasteiger partial charge is 0.288 e. The Kier molecular flexibility index (Phi) is 2.75. The monoisotopic (exact) mass is 290 g/mol. The fourth-order valence-electron chi connectivity index (χ4n) is 2.33. The molecule has 0 N–H and O–H groups in total. The normalized spacial score (nSPS) is 11.0. The zero-order chi connectivity index (χ0) is 14.2. The van der Waals surface area contributed by atoms with Gasteiger partial charge < -0.3 is 0 Å². The van der Waals surface area contributed by atoms with Crippen LogP contribution in [0.3, 0.4) is 0 Å². The number of nitrogens with zero attached hydrogens (tertiary/aromatic N) is 2. The number of para-hydroxylation sites is 1. The molecule has 3 aromatic heterocycles. The van der Waals surface area contributed by atoms with E-state index in [2.05, 4.69) is 9.97 Å². The molecule has 0 unspecified atom stereocenters. The fraction of sp³-hybridized carbons (Fsp3) is 0. The minimum atomic E-state index is -0.0453. The molecule has 21 heavy (non-hydrogen) atoms. The quantitative estimate of drug-likeness (QED) is 0.522. The predicted molar refractivity (Wildman–Crippen MR) is 84.8 cm³/mol. The van der Waals surface area contributed by atoms with Crippen molar-refractivity contribution in [3.05, 3.63) is 71.4 Å². The van der Waals surface area contributed by atoms with Crippen LogP contribution in [0.5, 0.6) is 0 Å². The lowest BCUT2D eigenvalue weighted by atomic mass is 10.0. The van der Waals surface area contributed by atoms with Crippen LogP contribution in [0.2, 0.25) is 0 Å². The summed E-state index contributed by atoms with van der Waals surface area (Å²) in [5.41, 5.74) is 3.00.